The second-order valence-electron chi connectivity index (χ2n) is 4.01. The second kappa shape index (κ2) is 5.14. The lowest BCUT2D eigenvalue weighted by molar-refractivity contribution is 0.102. The van der Waals surface area contributed by atoms with Crippen LogP contribution >= 0.6 is 11.6 Å². The van der Waals surface area contributed by atoms with Crippen LogP contribution in [-0.2, 0) is 0 Å². The number of hydrogen-bond acceptors (Lipinski definition) is 3. The highest BCUT2D eigenvalue weighted by Crippen LogP contribution is 2.21. The van der Waals surface area contributed by atoms with Gasteiger partial charge in [0.25, 0.3) is 5.91 Å². The van der Waals surface area contributed by atoms with Gasteiger partial charge in [-0.1, -0.05) is 6.07 Å². The Morgan fingerprint density at radius 3 is 2.72 bits per heavy atom. The Labute approximate surface area is 110 Å². The molecule has 4 nitrogen and oxygen atoms in total. The molecule has 94 valence electrons. The summed E-state index contributed by atoms with van der Waals surface area (Å²) in [5.74, 6) is -0.287. The number of carbonyl (C=O) groups excluding carboxylic acids is 1. The van der Waals surface area contributed by atoms with Crippen molar-refractivity contribution >= 4 is 28.9 Å². The van der Waals surface area contributed by atoms with Crippen molar-refractivity contribution in [3.05, 3.63) is 47.4 Å². The molecule has 1 aromatic carbocycles. The van der Waals surface area contributed by atoms with Gasteiger partial charge in [0.1, 0.15) is 0 Å². The third-order valence-corrected chi connectivity index (χ3v) is 2.78. The van der Waals surface area contributed by atoms with E-state index >= 15 is 0 Å². The summed E-state index contributed by atoms with van der Waals surface area (Å²) in [6, 6.07) is 9.07. The number of nitrogens with one attached hydrogen (secondary N) is 1. The molecule has 0 aliphatic rings. The summed E-state index contributed by atoms with van der Waals surface area (Å²) in [5.41, 5.74) is 2.04. The molecule has 2 rings (SSSR count). The number of nitrogens with zero attached hydrogens (tertiary/aromatic N) is 1. The molecule has 18 heavy (non-hydrogen) atoms. The van der Waals surface area contributed by atoms with Crippen LogP contribution in [0.3, 0.4) is 0 Å². The molecule has 0 spiro atoms. The Kier molecular flexibility index (Phi) is 3.58. The molecular formula is C13H13ClN2O2. The molecule has 0 radical (unpaired) electrons. The zero-order valence-electron chi connectivity index (χ0n) is 10.1. The number of rotatable bonds is 3. The molecule has 0 fully saturated rings. The zero-order valence-corrected chi connectivity index (χ0v) is 10.9. The molecule has 0 saturated carbocycles. The smallest absolute Gasteiger partial charge is 0.260 e. The molecule has 1 aromatic heterocycles. The summed E-state index contributed by atoms with van der Waals surface area (Å²) < 4.78 is 4.88. The summed E-state index contributed by atoms with van der Waals surface area (Å²) in [5, 5.41) is 2.86. The first-order chi connectivity index (χ1) is 8.58. The summed E-state index contributed by atoms with van der Waals surface area (Å²) in [7, 11) is 3.88. The number of halogens is 1. The van der Waals surface area contributed by atoms with Crippen molar-refractivity contribution in [2.45, 2.75) is 0 Å². The maximum absolute atomic E-state index is 11.9. The van der Waals surface area contributed by atoms with E-state index < -0.39 is 0 Å². The lowest BCUT2D eigenvalue weighted by Crippen LogP contribution is -2.13. The van der Waals surface area contributed by atoms with Gasteiger partial charge in [-0.3, -0.25) is 4.79 Å². The Morgan fingerprint density at radius 2 is 2.11 bits per heavy atom. The summed E-state index contributed by atoms with van der Waals surface area (Å²) >= 11 is 5.75. The third-order valence-electron chi connectivity index (χ3n) is 2.48. The molecule has 1 amide bonds. The quantitative estimate of drug-likeness (QED) is 0.926. The van der Waals surface area contributed by atoms with Gasteiger partial charge in [0.2, 0.25) is 5.22 Å². The summed E-state index contributed by atoms with van der Waals surface area (Å²) in [4.78, 5) is 13.9. The highest BCUT2D eigenvalue weighted by molar-refractivity contribution is 6.32. The molecule has 0 aliphatic heterocycles. The molecule has 2 aromatic rings. The largest absolute Gasteiger partial charge is 0.452 e. The predicted molar refractivity (Wildman–Crippen MR) is 72.4 cm³/mol. The number of anilines is 2. The van der Waals surface area contributed by atoms with E-state index in [1.807, 2.05) is 43.3 Å². The van der Waals surface area contributed by atoms with Gasteiger partial charge < -0.3 is 14.6 Å². The van der Waals surface area contributed by atoms with E-state index in [4.69, 9.17) is 16.0 Å². The minimum Gasteiger partial charge on any atom is -0.452 e. The highest BCUT2D eigenvalue weighted by Gasteiger charge is 2.13. The maximum Gasteiger partial charge on any atom is 0.260 e. The van der Waals surface area contributed by atoms with Gasteiger partial charge in [0.05, 0.1) is 11.8 Å². The van der Waals surface area contributed by atoms with E-state index in [0.29, 0.717) is 11.3 Å². The van der Waals surface area contributed by atoms with E-state index in [9.17, 15) is 4.79 Å². The Hall–Kier alpha value is -1.94. The van der Waals surface area contributed by atoms with Gasteiger partial charge in [-0.15, -0.1) is 0 Å². The van der Waals surface area contributed by atoms with Crippen molar-refractivity contribution in [3.63, 3.8) is 0 Å². The van der Waals surface area contributed by atoms with E-state index in [0.717, 1.165) is 5.69 Å². The first-order valence-corrected chi connectivity index (χ1v) is 5.77. The van der Waals surface area contributed by atoms with Crippen LogP contribution in [0.5, 0.6) is 0 Å². The van der Waals surface area contributed by atoms with Crippen molar-refractivity contribution in [2.24, 2.45) is 0 Å². The fourth-order valence-corrected chi connectivity index (χ4v) is 1.72. The fourth-order valence-electron chi connectivity index (χ4n) is 1.52. The third kappa shape index (κ3) is 2.65. The van der Waals surface area contributed by atoms with Crippen molar-refractivity contribution in [3.8, 4) is 0 Å². The molecule has 0 saturated heterocycles. The Bertz CT molecular complexity index is 564. The summed E-state index contributed by atoms with van der Waals surface area (Å²) in [6.45, 7) is 0. The minimum absolute atomic E-state index is 0.0938. The van der Waals surface area contributed by atoms with Gasteiger partial charge in [0, 0.05) is 25.5 Å². The average Bonchev–Trinajstić information content (AvgIpc) is 2.76. The van der Waals surface area contributed by atoms with Crippen LogP contribution in [-0.4, -0.2) is 20.0 Å². The average molecular weight is 265 g/mol. The molecule has 0 aliphatic carbocycles. The summed E-state index contributed by atoms with van der Waals surface area (Å²) in [6.07, 6.45) is 1.38. The van der Waals surface area contributed by atoms with Crippen molar-refractivity contribution in [1.82, 2.24) is 0 Å². The fraction of sp³-hybridized carbons (Fsp3) is 0.154. The van der Waals surface area contributed by atoms with Gasteiger partial charge in [-0.2, -0.15) is 0 Å². The topological polar surface area (TPSA) is 45.5 Å². The standard InChI is InChI=1S/C13H13ClN2O2/c1-16(2)10-5-3-4-9(8-10)15-13(17)11-6-7-18-12(11)14/h3-8H,1-2H3,(H,15,17). The number of furan rings is 1. The molecule has 5 heteroatoms. The van der Waals surface area contributed by atoms with Gasteiger partial charge in [-0.25, -0.2) is 0 Å². The molecule has 0 bridgehead atoms. The van der Waals surface area contributed by atoms with Crippen LogP contribution in [0.15, 0.2) is 41.0 Å². The molecular weight excluding hydrogens is 252 g/mol. The van der Waals surface area contributed by atoms with Crippen molar-refractivity contribution in [1.29, 1.82) is 0 Å². The van der Waals surface area contributed by atoms with E-state index in [1.54, 1.807) is 0 Å². The number of hydrogen-bond donors (Lipinski definition) is 1. The highest BCUT2D eigenvalue weighted by atomic mass is 35.5. The first-order valence-electron chi connectivity index (χ1n) is 5.39. The van der Waals surface area contributed by atoms with Crippen LogP contribution in [0.1, 0.15) is 10.4 Å². The second-order valence-corrected chi connectivity index (χ2v) is 4.35. The van der Waals surface area contributed by atoms with Crippen molar-refractivity contribution in [2.75, 3.05) is 24.3 Å². The molecule has 0 atom stereocenters. The molecule has 0 unspecified atom stereocenters. The maximum atomic E-state index is 11.9. The zero-order chi connectivity index (χ0) is 13.1. The number of benzene rings is 1. The lowest BCUT2D eigenvalue weighted by atomic mass is 10.2. The van der Waals surface area contributed by atoms with Crippen LogP contribution < -0.4 is 10.2 Å². The van der Waals surface area contributed by atoms with E-state index in [2.05, 4.69) is 5.32 Å². The van der Waals surface area contributed by atoms with E-state index in [-0.39, 0.29) is 11.1 Å². The first kappa shape index (κ1) is 12.5. The number of carbonyl (C=O) groups is 1. The van der Waals surface area contributed by atoms with Crippen LogP contribution in [0, 0.1) is 0 Å². The monoisotopic (exact) mass is 264 g/mol. The predicted octanol–water partition coefficient (Wildman–Crippen LogP) is 3.25. The van der Waals surface area contributed by atoms with Crippen LogP contribution in [0.2, 0.25) is 5.22 Å². The van der Waals surface area contributed by atoms with E-state index in [1.165, 1.54) is 12.3 Å². The number of amides is 1. The van der Waals surface area contributed by atoms with Crippen molar-refractivity contribution < 1.29 is 9.21 Å². The molecule has 1 heterocycles. The SMILES string of the molecule is CN(C)c1cccc(NC(=O)c2ccoc2Cl)c1. The molecule has 1 N–H and O–H groups in total. The van der Waals surface area contributed by atoms with Gasteiger partial charge >= 0.3 is 0 Å². The lowest BCUT2D eigenvalue weighted by Gasteiger charge is -2.13. The Morgan fingerprint density at radius 1 is 1.33 bits per heavy atom. The van der Waals surface area contributed by atoms with Crippen LogP contribution in [0.25, 0.3) is 0 Å². The van der Waals surface area contributed by atoms with Crippen LogP contribution in [0.4, 0.5) is 11.4 Å². The normalized spacial score (nSPS) is 10.2. The van der Waals surface area contributed by atoms with Gasteiger partial charge in [0.15, 0.2) is 0 Å². The Balaban J connectivity index is 2.17. The van der Waals surface area contributed by atoms with Gasteiger partial charge in [-0.05, 0) is 35.9 Å². The minimum atomic E-state index is -0.287.